The van der Waals surface area contributed by atoms with E-state index in [1.54, 1.807) is 0 Å². The molecule has 3 heteroatoms. The predicted octanol–water partition coefficient (Wildman–Crippen LogP) is 1.27. The van der Waals surface area contributed by atoms with Crippen LogP contribution in [0.3, 0.4) is 0 Å². The van der Waals surface area contributed by atoms with Gasteiger partial charge in [0, 0.05) is 18.4 Å². The van der Waals surface area contributed by atoms with Gasteiger partial charge in [0.15, 0.2) is 0 Å². The zero-order valence-corrected chi connectivity index (χ0v) is 8.72. The second kappa shape index (κ2) is 4.62. The third-order valence-corrected chi connectivity index (χ3v) is 3.15. The fourth-order valence-corrected chi connectivity index (χ4v) is 2.38. The summed E-state index contributed by atoms with van der Waals surface area (Å²) in [5.74, 6) is 0.775. The van der Waals surface area contributed by atoms with Crippen LogP contribution < -0.4 is 10.6 Å². The molecule has 14 heavy (non-hydrogen) atoms. The number of hydrogen-bond acceptors (Lipinski definition) is 2. The maximum Gasteiger partial charge on any atom is 0.0362 e. The van der Waals surface area contributed by atoms with Crippen LogP contribution in [-0.4, -0.2) is 25.1 Å². The molecule has 1 unspecified atom stereocenters. The largest absolute Gasteiger partial charge is 0.367 e. The molecule has 2 heterocycles. The number of piperidine rings is 1. The van der Waals surface area contributed by atoms with Crippen molar-refractivity contribution in [3.05, 3.63) is 24.0 Å². The van der Waals surface area contributed by atoms with E-state index in [0.717, 1.165) is 19.0 Å². The van der Waals surface area contributed by atoms with E-state index in [1.165, 1.54) is 18.4 Å². The summed E-state index contributed by atoms with van der Waals surface area (Å²) in [7, 11) is 2.06. The van der Waals surface area contributed by atoms with Gasteiger partial charge in [-0.3, -0.25) is 0 Å². The summed E-state index contributed by atoms with van der Waals surface area (Å²) in [6.45, 7) is 2.32. The molecule has 1 aliphatic heterocycles. The van der Waals surface area contributed by atoms with Crippen molar-refractivity contribution in [2.75, 3.05) is 20.1 Å². The average molecular weight is 193 g/mol. The minimum absolute atomic E-state index is 0.517. The molecule has 1 aliphatic rings. The van der Waals surface area contributed by atoms with Gasteiger partial charge < -0.3 is 15.6 Å². The second-order valence-corrected chi connectivity index (χ2v) is 4.00. The molecule has 0 aliphatic carbocycles. The molecular formula is C11H19N3. The number of nitrogens with one attached hydrogen (secondary N) is 3. The summed E-state index contributed by atoms with van der Waals surface area (Å²) in [6, 6.07) is 2.69. The Hall–Kier alpha value is -0.800. The molecule has 0 amide bonds. The standard InChI is InChI=1S/C11H19N3/c1-12-11(10-4-7-14-8-10)9-2-5-13-6-3-9/h4,7-9,11-14H,2-3,5-6H2,1H3. The quantitative estimate of drug-likeness (QED) is 0.676. The van der Waals surface area contributed by atoms with E-state index in [9.17, 15) is 0 Å². The van der Waals surface area contributed by atoms with Crippen LogP contribution in [0, 0.1) is 5.92 Å². The Balaban J connectivity index is 2.04. The zero-order chi connectivity index (χ0) is 9.80. The van der Waals surface area contributed by atoms with E-state index in [1.807, 2.05) is 6.20 Å². The van der Waals surface area contributed by atoms with Gasteiger partial charge in [-0.05, 0) is 50.5 Å². The third kappa shape index (κ3) is 1.99. The lowest BCUT2D eigenvalue weighted by Crippen LogP contribution is -2.35. The smallest absolute Gasteiger partial charge is 0.0362 e. The van der Waals surface area contributed by atoms with Crippen molar-refractivity contribution >= 4 is 0 Å². The number of H-pyrrole nitrogens is 1. The predicted molar refractivity (Wildman–Crippen MR) is 58.2 cm³/mol. The molecule has 0 aromatic carbocycles. The minimum Gasteiger partial charge on any atom is -0.367 e. The molecule has 1 atom stereocenters. The summed E-state index contributed by atoms with van der Waals surface area (Å²) in [4.78, 5) is 3.13. The lowest BCUT2D eigenvalue weighted by molar-refractivity contribution is 0.294. The Labute approximate surface area is 85.3 Å². The van der Waals surface area contributed by atoms with Gasteiger partial charge in [-0.2, -0.15) is 0 Å². The van der Waals surface area contributed by atoms with Crippen molar-refractivity contribution in [3.8, 4) is 0 Å². The summed E-state index contributed by atoms with van der Waals surface area (Å²) >= 11 is 0. The van der Waals surface area contributed by atoms with Crippen molar-refractivity contribution in [2.45, 2.75) is 18.9 Å². The first kappa shape index (κ1) is 9.74. The first-order valence-corrected chi connectivity index (χ1v) is 5.42. The summed E-state index contributed by atoms with van der Waals surface area (Å²) in [5.41, 5.74) is 1.39. The number of aromatic amines is 1. The summed E-state index contributed by atoms with van der Waals surface area (Å²) < 4.78 is 0. The molecule has 3 N–H and O–H groups in total. The monoisotopic (exact) mass is 193 g/mol. The fraction of sp³-hybridized carbons (Fsp3) is 0.636. The topological polar surface area (TPSA) is 39.9 Å². The molecule has 78 valence electrons. The molecule has 2 rings (SSSR count). The fourth-order valence-electron chi connectivity index (χ4n) is 2.38. The van der Waals surface area contributed by atoms with Crippen LogP contribution >= 0.6 is 0 Å². The van der Waals surface area contributed by atoms with E-state index in [-0.39, 0.29) is 0 Å². The van der Waals surface area contributed by atoms with Crippen molar-refractivity contribution in [1.82, 2.24) is 15.6 Å². The average Bonchev–Trinajstić information content (AvgIpc) is 2.74. The van der Waals surface area contributed by atoms with Gasteiger partial charge in [-0.1, -0.05) is 0 Å². The highest BCUT2D eigenvalue weighted by molar-refractivity contribution is 5.15. The van der Waals surface area contributed by atoms with Gasteiger partial charge in [0.1, 0.15) is 0 Å². The van der Waals surface area contributed by atoms with Gasteiger partial charge in [-0.15, -0.1) is 0 Å². The number of aromatic nitrogens is 1. The highest BCUT2D eigenvalue weighted by atomic mass is 14.9. The maximum absolute atomic E-state index is 3.43. The number of hydrogen-bond donors (Lipinski definition) is 3. The van der Waals surface area contributed by atoms with E-state index in [2.05, 4.69) is 34.9 Å². The molecule has 0 bridgehead atoms. The molecular weight excluding hydrogens is 174 g/mol. The van der Waals surface area contributed by atoms with Crippen LogP contribution in [0.25, 0.3) is 0 Å². The van der Waals surface area contributed by atoms with Crippen molar-refractivity contribution < 1.29 is 0 Å². The van der Waals surface area contributed by atoms with Gasteiger partial charge in [0.05, 0.1) is 0 Å². The molecule has 1 saturated heterocycles. The zero-order valence-electron chi connectivity index (χ0n) is 8.72. The van der Waals surface area contributed by atoms with E-state index < -0.39 is 0 Å². The highest BCUT2D eigenvalue weighted by Crippen LogP contribution is 2.27. The lowest BCUT2D eigenvalue weighted by atomic mass is 9.87. The summed E-state index contributed by atoms with van der Waals surface area (Å²) in [5, 5.41) is 6.83. The first-order valence-electron chi connectivity index (χ1n) is 5.42. The van der Waals surface area contributed by atoms with Crippen LogP contribution in [0.5, 0.6) is 0 Å². The van der Waals surface area contributed by atoms with E-state index in [0.29, 0.717) is 6.04 Å². The first-order chi connectivity index (χ1) is 6.92. The molecule has 0 spiro atoms. The van der Waals surface area contributed by atoms with Crippen molar-refractivity contribution in [2.24, 2.45) is 5.92 Å². The van der Waals surface area contributed by atoms with Gasteiger partial charge in [0.2, 0.25) is 0 Å². The van der Waals surface area contributed by atoms with Crippen LogP contribution in [0.15, 0.2) is 18.5 Å². The van der Waals surface area contributed by atoms with Crippen LogP contribution in [-0.2, 0) is 0 Å². The lowest BCUT2D eigenvalue weighted by Gasteiger charge is -2.30. The van der Waals surface area contributed by atoms with Crippen LogP contribution in [0.4, 0.5) is 0 Å². The number of rotatable bonds is 3. The second-order valence-electron chi connectivity index (χ2n) is 4.00. The van der Waals surface area contributed by atoms with Crippen molar-refractivity contribution in [1.29, 1.82) is 0 Å². The summed E-state index contributed by atoms with van der Waals surface area (Å²) in [6.07, 6.45) is 6.65. The molecule has 0 radical (unpaired) electrons. The Kier molecular flexibility index (Phi) is 3.22. The Morgan fingerprint density at radius 3 is 2.79 bits per heavy atom. The Bertz CT molecular complexity index is 250. The SMILES string of the molecule is CNC(c1cc[nH]c1)C1CCNCC1. The Morgan fingerprint density at radius 2 is 2.21 bits per heavy atom. The molecule has 0 saturated carbocycles. The van der Waals surface area contributed by atoms with Crippen molar-refractivity contribution in [3.63, 3.8) is 0 Å². The minimum atomic E-state index is 0.517. The third-order valence-electron chi connectivity index (χ3n) is 3.15. The van der Waals surface area contributed by atoms with E-state index >= 15 is 0 Å². The molecule has 1 aromatic rings. The van der Waals surface area contributed by atoms with E-state index in [4.69, 9.17) is 0 Å². The molecule has 1 fully saturated rings. The van der Waals surface area contributed by atoms with Gasteiger partial charge in [-0.25, -0.2) is 0 Å². The highest BCUT2D eigenvalue weighted by Gasteiger charge is 2.23. The maximum atomic E-state index is 3.43. The van der Waals surface area contributed by atoms with Gasteiger partial charge in [0.25, 0.3) is 0 Å². The Morgan fingerprint density at radius 1 is 1.43 bits per heavy atom. The van der Waals surface area contributed by atoms with Crippen LogP contribution in [0.1, 0.15) is 24.4 Å². The van der Waals surface area contributed by atoms with Crippen LogP contribution in [0.2, 0.25) is 0 Å². The molecule has 1 aromatic heterocycles. The molecule has 3 nitrogen and oxygen atoms in total. The van der Waals surface area contributed by atoms with Gasteiger partial charge >= 0.3 is 0 Å². The normalized spacial score (nSPS) is 20.9.